The minimum absolute atomic E-state index is 0. The van der Waals surface area contributed by atoms with Crippen LogP contribution in [-0.4, -0.2) is 22.9 Å². The van der Waals surface area contributed by atoms with Gasteiger partial charge >= 0.3 is 0 Å². The van der Waals surface area contributed by atoms with Crippen LogP contribution in [0.15, 0.2) is 22.7 Å². The Kier molecular flexibility index (Phi) is 6.11. The Balaban J connectivity index is 0.00000169. The largest absolute Gasteiger partial charge is 0.507 e. The third-order valence-electron chi connectivity index (χ3n) is 1.74. The smallest absolute Gasteiger partial charge is 0.129 e. The number of benzene rings is 1. The second-order valence-electron chi connectivity index (χ2n) is 2.93. The van der Waals surface area contributed by atoms with Gasteiger partial charge in [-0.05, 0) is 40.0 Å². The van der Waals surface area contributed by atoms with Crippen molar-refractivity contribution in [2.75, 3.05) is 6.61 Å². The minimum Gasteiger partial charge on any atom is -0.507 e. The predicted octanol–water partition coefficient (Wildman–Crippen LogP) is 1.44. The molecule has 1 unspecified atom stereocenters. The topological polar surface area (TPSA) is 66.5 Å². The molecule has 0 saturated heterocycles. The molecule has 0 fully saturated rings. The fraction of sp³-hybridized carbons (Fsp3) is 0.333. The zero-order chi connectivity index (χ0) is 9.84. The lowest BCUT2D eigenvalue weighted by atomic mass is 10.1. The van der Waals surface area contributed by atoms with Crippen LogP contribution in [0, 0.1) is 0 Å². The molecular weight excluding hydrogens is 269 g/mol. The molecule has 1 aromatic carbocycles. The molecule has 0 aliphatic heterocycles. The number of hydrogen-bond acceptors (Lipinski definition) is 3. The number of rotatable bonds is 3. The Labute approximate surface area is 97.5 Å². The molecule has 80 valence electrons. The monoisotopic (exact) mass is 281 g/mol. The van der Waals surface area contributed by atoms with Crippen molar-refractivity contribution in [2.24, 2.45) is 5.73 Å². The van der Waals surface area contributed by atoms with Crippen molar-refractivity contribution in [3.63, 3.8) is 0 Å². The lowest BCUT2D eigenvalue weighted by Gasteiger charge is -2.08. The second kappa shape index (κ2) is 6.24. The summed E-state index contributed by atoms with van der Waals surface area (Å²) in [6.07, 6.45) is 0.607. The number of aromatic hydroxyl groups is 1. The number of hydrogen-bond donors (Lipinski definition) is 3. The highest BCUT2D eigenvalue weighted by Crippen LogP contribution is 2.24. The van der Waals surface area contributed by atoms with Gasteiger partial charge in [0.2, 0.25) is 0 Å². The lowest BCUT2D eigenvalue weighted by molar-refractivity contribution is 0.265. The van der Waals surface area contributed by atoms with E-state index >= 15 is 0 Å². The average molecular weight is 283 g/mol. The quantitative estimate of drug-likeness (QED) is 0.786. The van der Waals surface area contributed by atoms with Crippen molar-refractivity contribution >= 4 is 28.3 Å². The summed E-state index contributed by atoms with van der Waals surface area (Å²) in [7, 11) is 0. The van der Waals surface area contributed by atoms with E-state index in [-0.39, 0.29) is 30.8 Å². The summed E-state index contributed by atoms with van der Waals surface area (Å²) in [6, 6.07) is 4.95. The first kappa shape index (κ1) is 13.7. The molecule has 5 heteroatoms. The van der Waals surface area contributed by atoms with Gasteiger partial charge in [-0.3, -0.25) is 0 Å². The Morgan fingerprint density at radius 3 is 2.57 bits per heavy atom. The molecule has 0 aromatic heterocycles. The molecule has 1 aromatic rings. The van der Waals surface area contributed by atoms with Gasteiger partial charge in [0, 0.05) is 6.04 Å². The van der Waals surface area contributed by atoms with Crippen molar-refractivity contribution in [3.05, 3.63) is 28.2 Å². The van der Waals surface area contributed by atoms with E-state index in [1.165, 1.54) is 0 Å². The van der Waals surface area contributed by atoms with Crippen LogP contribution in [-0.2, 0) is 6.42 Å². The van der Waals surface area contributed by atoms with Crippen LogP contribution in [0.25, 0.3) is 0 Å². The molecule has 0 saturated carbocycles. The van der Waals surface area contributed by atoms with Crippen molar-refractivity contribution in [1.82, 2.24) is 0 Å². The molecule has 0 aliphatic rings. The van der Waals surface area contributed by atoms with Crippen LogP contribution < -0.4 is 5.73 Å². The van der Waals surface area contributed by atoms with Crippen molar-refractivity contribution in [3.8, 4) is 5.75 Å². The number of phenolic OH excluding ortho intramolecular Hbond substituents is 1. The van der Waals surface area contributed by atoms with E-state index in [2.05, 4.69) is 15.9 Å². The summed E-state index contributed by atoms with van der Waals surface area (Å²) in [6.45, 7) is -0.0293. The van der Waals surface area contributed by atoms with Crippen LogP contribution >= 0.6 is 28.3 Å². The van der Waals surface area contributed by atoms with E-state index in [4.69, 9.17) is 10.8 Å². The SMILES string of the molecule is Cl.NC(CO)Cc1ccc(O)c(Br)c1. The summed E-state index contributed by atoms with van der Waals surface area (Å²) >= 11 is 3.20. The highest BCUT2D eigenvalue weighted by molar-refractivity contribution is 9.10. The zero-order valence-electron chi connectivity index (χ0n) is 7.48. The van der Waals surface area contributed by atoms with E-state index in [0.29, 0.717) is 10.9 Å². The molecular formula is C9H13BrClNO2. The maximum absolute atomic E-state index is 9.21. The normalized spacial score (nSPS) is 11.9. The zero-order valence-corrected chi connectivity index (χ0v) is 9.88. The molecule has 4 N–H and O–H groups in total. The van der Waals surface area contributed by atoms with Gasteiger partial charge in [0.25, 0.3) is 0 Å². The van der Waals surface area contributed by atoms with Crippen LogP contribution in [0.4, 0.5) is 0 Å². The number of phenols is 1. The second-order valence-corrected chi connectivity index (χ2v) is 3.79. The number of nitrogens with two attached hydrogens (primary N) is 1. The Bertz CT molecular complexity index is 296. The average Bonchev–Trinajstić information content (AvgIpc) is 2.11. The Morgan fingerprint density at radius 2 is 2.07 bits per heavy atom. The van der Waals surface area contributed by atoms with Crippen LogP contribution in [0.3, 0.4) is 0 Å². The van der Waals surface area contributed by atoms with E-state index in [0.717, 1.165) is 5.56 Å². The van der Waals surface area contributed by atoms with Gasteiger partial charge < -0.3 is 15.9 Å². The van der Waals surface area contributed by atoms with Crippen molar-refractivity contribution in [1.29, 1.82) is 0 Å². The summed E-state index contributed by atoms with van der Waals surface area (Å²) in [5.41, 5.74) is 6.56. The molecule has 0 aliphatic carbocycles. The Morgan fingerprint density at radius 1 is 1.43 bits per heavy atom. The fourth-order valence-electron chi connectivity index (χ4n) is 1.04. The number of halogens is 2. The van der Waals surface area contributed by atoms with Gasteiger partial charge in [0.05, 0.1) is 11.1 Å². The van der Waals surface area contributed by atoms with Crippen LogP contribution in [0.5, 0.6) is 5.75 Å². The third-order valence-corrected chi connectivity index (χ3v) is 2.38. The van der Waals surface area contributed by atoms with Gasteiger partial charge in [0.15, 0.2) is 0 Å². The molecule has 0 heterocycles. The minimum atomic E-state index is -0.239. The standard InChI is InChI=1S/C9H12BrNO2.ClH/c10-8-4-6(1-2-9(8)13)3-7(11)5-12;/h1-2,4,7,12-13H,3,5,11H2;1H. The molecule has 1 rings (SSSR count). The number of aliphatic hydroxyl groups is 1. The van der Waals surface area contributed by atoms with E-state index in [9.17, 15) is 5.11 Å². The highest BCUT2D eigenvalue weighted by Gasteiger charge is 2.04. The number of aliphatic hydroxyl groups excluding tert-OH is 1. The molecule has 0 bridgehead atoms. The van der Waals surface area contributed by atoms with E-state index in [1.54, 1.807) is 18.2 Å². The Hall–Kier alpha value is -0.290. The fourth-order valence-corrected chi connectivity index (χ4v) is 1.47. The van der Waals surface area contributed by atoms with Gasteiger partial charge in [-0.15, -0.1) is 12.4 Å². The summed E-state index contributed by atoms with van der Waals surface area (Å²) < 4.78 is 0.648. The molecule has 1 atom stereocenters. The molecule has 0 spiro atoms. The van der Waals surface area contributed by atoms with Crippen molar-refractivity contribution < 1.29 is 10.2 Å². The molecule has 14 heavy (non-hydrogen) atoms. The van der Waals surface area contributed by atoms with Gasteiger partial charge in [-0.2, -0.15) is 0 Å². The summed E-state index contributed by atoms with van der Waals surface area (Å²) in [5, 5.41) is 17.9. The first-order chi connectivity index (χ1) is 6.13. The molecule has 0 radical (unpaired) electrons. The first-order valence-corrected chi connectivity index (χ1v) is 4.76. The van der Waals surface area contributed by atoms with E-state index < -0.39 is 0 Å². The van der Waals surface area contributed by atoms with Gasteiger partial charge in [-0.25, -0.2) is 0 Å². The maximum Gasteiger partial charge on any atom is 0.129 e. The van der Waals surface area contributed by atoms with Crippen LogP contribution in [0.1, 0.15) is 5.56 Å². The third kappa shape index (κ3) is 3.84. The van der Waals surface area contributed by atoms with Crippen molar-refractivity contribution in [2.45, 2.75) is 12.5 Å². The first-order valence-electron chi connectivity index (χ1n) is 3.97. The lowest BCUT2D eigenvalue weighted by Crippen LogP contribution is -2.26. The van der Waals surface area contributed by atoms with E-state index in [1.807, 2.05) is 0 Å². The molecule has 3 nitrogen and oxygen atoms in total. The van der Waals surface area contributed by atoms with Gasteiger partial charge in [-0.1, -0.05) is 6.07 Å². The summed E-state index contributed by atoms with van der Waals surface area (Å²) in [4.78, 5) is 0. The molecule has 0 amide bonds. The summed E-state index contributed by atoms with van der Waals surface area (Å²) in [5.74, 6) is 0.210. The highest BCUT2D eigenvalue weighted by atomic mass is 79.9. The van der Waals surface area contributed by atoms with Crippen LogP contribution in [0.2, 0.25) is 0 Å². The maximum atomic E-state index is 9.21. The van der Waals surface area contributed by atoms with Gasteiger partial charge in [0.1, 0.15) is 5.75 Å². The predicted molar refractivity (Wildman–Crippen MR) is 61.8 cm³/mol.